The van der Waals surface area contributed by atoms with E-state index in [1.807, 2.05) is 18.4 Å². The average Bonchev–Trinajstić information content (AvgIpc) is 3.01. The molecule has 1 aliphatic heterocycles. The molecule has 0 amide bonds. The van der Waals surface area contributed by atoms with Crippen molar-refractivity contribution in [3.8, 4) is 0 Å². The van der Waals surface area contributed by atoms with Gasteiger partial charge in [0.15, 0.2) is 0 Å². The average molecular weight is 177 g/mol. The van der Waals surface area contributed by atoms with Gasteiger partial charge in [-0.25, -0.2) is 0 Å². The van der Waals surface area contributed by atoms with Crippen LogP contribution in [0.5, 0.6) is 0 Å². The highest BCUT2D eigenvalue weighted by Gasteiger charge is 2.48. The van der Waals surface area contributed by atoms with Crippen molar-refractivity contribution in [1.82, 2.24) is 0 Å². The van der Waals surface area contributed by atoms with Crippen LogP contribution in [0, 0.1) is 11.3 Å². The number of dihydropyridines is 1. The zero-order valence-electron chi connectivity index (χ0n) is 7.44. The molecule has 0 bridgehead atoms. The first-order chi connectivity index (χ1) is 6.33. The van der Waals surface area contributed by atoms with E-state index in [2.05, 4.69) is 4.99 Å². The highest BCUT2D eigenvalue weighted by Crippen LogP contribution is 2.49. The number of nitrogens with two attached hydrogens (primary N) is 1. The molecular weight excluding hydrogens is 164 g/mol. The van der Waals surface area contributed by atoms with Crippen molar-refractivity contribution in [2.24, 2.45) is 22.1 Å². The Balaban J connectivity index is 2.29. The van der Waals surface area contributed by atoms with Crippen LogP contribution >= 0.6 is 0 Å². The van der Waals surface area contributed by atoms with Crippen molar-refractivity contribution in [2.75, 3.05) is 6.54 Å². The first-order valence-electron chi connectivity index (χ1n) is 4.62. The van der Waals surface area contributed by atoms with E-state index in [0.29, 0.717) is 12.5 Å². The third-order valence-electron chi connectivity index (χ3n) is 3.04. The van der Waals surface area contributed by atoms with Crippen LogP contribution in [0.4, 0.5) is 0 Å². The highest BCUT2D eigenvalue weighted by atomic mass is 16.1. The number of nitrogens with zero attached hydrogens (tertiary/aromatic N) is 1. The van der Waals surface area contributed by atoms with Crippen molar-refractivity contribution in [1.29, 1.82) is 0 Å². The van der Waals surface area contributed by atoms with Gasteiger partial charge < -0.3 is 5.73 Å². The van der Waals surface area contributed by atoms with Crippen LogP contribution in [-0.2, 0) is 4.79 Å². The van der Waals surface area contributed by atoms with Gasteiger partial charge in [0.25, 0.3) is 0 Å². The molecule has 0 spiro atoms. The maximum atomic E-state index is 10.7. The fourth-order valence-corrected chi connectivity index (χ4v) is 2.05. The second kappa shape index (κ2) is 3.07. The summed E-state index contributed by atoms with van der Waals surface area (Å²) in [5.74, 6) is 0.539. The minimum Gasteiger partial charge on any atom is -0.330 e. The zero-order chi connectivity index (χ0) is 9.31. The fraction of sp³-hybridized carbons (Fsp3) is 0.600. The Morgan fingerprint density at radius 1 is 1.62 bits per heavy atom. The molecule has 2 unspecified atom stereocenters. The molecule has 1 heterocycles. The van der Waals surface area contributed by atoms with Gasteiger partial charge in [0.05, 0.1) is 0 Å². The zero-order valence-corrected chi connectivity index (χ0v) is 7.44. The number of aliphatic imine (C=N–C) groups is 1. The summed E-state index contributed by atoms with van der Waals surface area (Å²) in [6.45, 7) is 0.491. The summed E-state index contributed by atoms with van der Waals surface area (Å²) in [7, 11) is 0. The number of hydrogen-bond donors (Lipinski definition) is 1. The minimum atomic E-state index is -0.380. The molecular formula is C10H13N2O. The monoisotopic (exact) mass is 177 g/mol. The summed E-state index contributed by atoms with van der Waals surface area (Å²) in [4.78, 5) is 14.9. The number of rotatable bonds is 3. The van der Waals surface area contributed by atoms with Gasteiger partial charge in [-0.15, -0.1) is 0 Å². The third kappa shape index (κ3) is 1.23. The van der Waals surface area contributed by atoms with Gasteiger partial charge in [-0.1, -0.05) is 6.08 Å². The number of allylic oxidation sites excluding steroid dienone is 1. The van der Waals surface area contributed by atoms with E-state index >= 15 is 0 Å². The highest BCUT2D eigenvalue weighted by molar-refractivity contribution is 5.77. The lowest BCUT2D eigenvalue weighted by molar-refractivity contribution is 0.305. The van der Waals surface area contributed by atoms with E-state index in [0.717, 1.165) is 12.8 Å². The van der Waals surface area contributed by atoms with Crippen LogP contribution in [0.3, 0.4) is 0 Å². The van der Waals surface area contributed by atoms with Gasteiger partial charge in [0, 0.05) is 18.2 Å². The molecule has 0 aromatic rings. The Labute approximate surface area is 77.7 Å². The van der Waals surface area contributed by atoms with Crippen LogP contribution in [0.25, 0.3) is 0 Å². The van der Waals surface area contributed by atoms with Crippen LogP contribution in [-0.4, -0.2) is 25.1 Å². The largest absolute Gasteiger partial charge is 0.330 e. The molecule has 2 rings (SSSR count). The van der Waals surface area contributed by atoms with Gasteiger partial charge in [-0.2, -0.15) is 0 Å². The van der Waals surface area contributed by atoms with Crippen LogP contribution in [0.15, 0.2) is 17.1 Å². The normalized spacial score (nSPS) is 37.8. The lowest BCUT2D eigenvalue weighted by Gasteiger charge is -2.33. The molecule has 2 aliphatic rings. The summed E-state index contributed by atoms with van der Waals surface area (Å²) in [6.07, 6.45) is 9.89. The number of hydrogen-bond acceptors (Lipinski definition) is 3. The predicted molar refractivity (Wildman–Crippen MR) is 51.3 cm³/mol. The van der Waals surface area contributed by atoms with Crippen LogP contribution in [0.1, 0.15) is 12.8 Å². The fourth-order valence-electron chi connectivity index (χ4n) is 2.05. The molecule has 0 aromatic carbocycles. The summed E-state index contributed by atoms with van der Waals surface area (Å²) in [5.41, 5.74) is 5.52. The molecule has 2 N–H and O–H groups in total. The Morgan fingerprint density at radius 3 is 2.92 bits per heavy atom. The second-order valence-corrected chi connectivity index (χ2v) is 3.77. The second-order valence-electron chi connectivity index (χ2n) is 3.77. The smallest absolute Gasteiger partial charge is 0.226 e. The minimum absolute atomic E-state index is 0.226. The first-order valence-corrected chi connectivity index (χ1v) is 4.62. The summed E-state index contributed by atoms with van der Waals surface area (Å²) in [6, 6.07) is -0.380. The van der Waals surface area contributed by atoms with Gasteiger partial charge in [0.1, 0.15) is 6.04 Å². The van der Waals surface area contributed by atoms with Crippen molar-refractivity contribution in [3.63, 3.8) is 0 Å². The maximum absolute atomic E-state index is 10.7. The molecule has 0 saturated heterocycles. The summed E-state index contributed by atoms with van der Waals surface area (Å²) in [5, 5.41) is 0. The Bertz CT molecular complexity index is 268. The standard InChI is InChI=1S/C10H13N2O/c11-7-10(8-2-3-8)4-1-5-12-9(10)6-13/h1,4-5,8-9H,2-3,7,11H2. The Kier molecular flexibility index (Phi) is 2.04. The lowest BCUT2D eigenvalue weighted by Crippen LogP contribution is -2.43. The van der Waals surface area contributed by atoms with Gasteiger partial charge in [-0.3, -0.25) is 9.79 Å². The summed E-state index contributed by atoms with van der Waals surface area (Å²) < 4.78 is 0. The molecule has 1 aliphatic carbocycles. The molecule has 69 valence electrons. The van der Waals surface area contributed by atoms with Crippen LogP contribution < -0.4 is 5.73 Å². The third-order valence-corrected chi connectivity index (χ3v) is 3.04. The quantitative estimate of drug-likeness (QED) is 0.681. The molecule has 0 aromatic heterocycles. The molecule has 3 heteroatoms. The molecule has 2 atom stereocenters. The lowest BCUT2D eigenvalue weighted by atomic mass is 9.75. The molecule has 1 fully saturated rings. The van der Waals surface area contributed by atoms with E-state index in [1.54, 1.807) is 6.21 Å². The van der Waals surface area contributed by atoms with Crippen molar-refractivity contribution in [2.45, 2.75) is 18.9 Å². The van der Waals surface area contributed by atoms with Gasteiger partial charge >= 0.3 is 0 Å². The van der Waals surface area contributed by atoms with E-state index in [4.69, 9.17) is 5.73 Å². The number of carbonyl (C=O) groups excluding carboxylic acids is 1. The predicted octanol–water partition coefficient (Wildman–Crippen LogP) is 0.460. The summed E-state index contributed by atoms with van der Waals surface area (Å²) >= 11 is 0. The molecule has 1 radical (unpaired) electrons. The first kappa shape index (κ1) is 8.63. The van der Waals surface area contributed by atoms with Crippen molar-refractivity contribution in [3.05, 3.63) is 12.2 Å². The molecule has 1 saturated carbocycles. The maximum Gasteiger partial charge on any atom is 0.226 e. The van der Waals surface area contributed by atoms with Crippen molar-refractivity contribution >= 4 is 12.5 Å². The van der Waals surface area contributed by atoms with Gasteiger partial charge in [-0.05, 0) is 24.8 Å². The van der Waals surface area contributed by atoms with E-state index in [1.165, 1.54) is 0 Å². The molecule has 3 nitrogen and oxygen atoms in total. The molecule has 13 heavy (non-hydrogen) atoms. The SMILES string of the molecule is NCC1(C2CC2)C=CC=NC1[C]=O. The van der Waals surface area contributed by atoms with Gasteiger partial charge in [0.2, 0.25) is 6.29 Å². The van der Waals surface area contributed by atoms with E-state index < -0.39 is 0 Å². The van der Waals surface area contributed by atoms with Crippen molar-refractivity contribution < 1.29 is 4.79 Å². The Morgan fingerprint density at radius 2 is 2.38 bits per heavy atom. The van der Waals surface area contributed by atoms with E-state index in [-0.39, 0.29) is 11.5 Å². The topological polar surface area (TPSA) is 55.4 Å². The van der Waals surface area contributed by atoms with E-state index in [9.17, 15) is 4.79 Å². The van der Waals surface area contributed by atoms with Crippen LogP contribution in [0.2, 0.25) is 0 Å². The Hall–Kier alpha value is -0.960.